The standard InChI is InChI=1S/C30H38N4O5S2/c1-30(2)18-21-7-6-10-25(28(21)31-19-30)41(37,38)33-23(17-26-32-22-8-4-5-9-24(22)40-26)29(36)34-15-13-20(14-16-34)11-12-27(35)39-3/h4-10,20,23,31,33H,11-19H2,1-3H3. The zero-order valence-electron chi connectivity index (χ0n) is 23.8. The molecule has 1 saturated heterocycles. The quantitative estimate of drug-likeness (QED) is 0.351. The van der Waals surface area contributed by atoms with Gasteiger partial charge < -0.3 is 15.0 Å². The van der Waals surface area contributed by atoms with Gasteiger partial charge in [0.1, 0.15) is 10.9 Å². The van der Waals surface area contributed by atoms with Crippen molar-refractivity contribution in [3.8, 4) is 0 Å². The number of benzene rings is 2. The molecule has 220 valence electrons. The third kappa shape index (κ3) is 6.90. The average molecular weight is 599 g/mol. The summed E-state index contributed by atoms with van der Waals surface area (Å²) in [5.41, 5.74) is 2.40. The molecule has 3 heterocycles. The molecule has 1 atom stereocenters. The van der Waals surface area contributed by atoms with Crippen LogP contribution in [0.3, 0.4) is 0 Å². The number of nitrogens with one attached hydrogen (secondary N) is 2. The number of ether oxygens (including phenoxy) is 1. The molecule has 2 aliphatic heterocycles. The van der Waals surface area contributed by atoms with E-state index in [9.17, 15) is 18.0 Å². The van der Waals surface area contributed by atoms with Crippen LogP contribution in [0, 0.1) is 11.3 Å². The van der Waals surface area contributed by atoms with E-state index in [1.807, 2.05) is 30.3 Å². The predicted molar refractivity (Wildman–Crippen MR) is 160 cm³/mol. The van der Waals surface area contributed by atoms with Crippen molar-refractivity contribution in [3.63, 3.8) is 0 Å². The number of piperidine rings is 1. The van der Waals surface area contributed by atoms with E-state index >= 15 is 0 Å². The van der Waals surface area contributed by atoms with Crippen molar-refractivity contribution in [2.45, 2.75) is 63.3 Å². The van der Waals surface area contributed by atoms with Crippen LogP contribution in [0.2, 0.25) is 0 Å². The minimum absolute atomic E-state index is 0.0110. The third-order valence-electron chi connectivity index (χ3n) is 8.04. The van der Waals surface area contributed by atoms with Crippen molar-refractivity contribution in [2.75, 3.05) is 32.1 Å². The Bertz CT molecular complexity index is 1490. The van der Waals surface area contributed by atoms with Gasteiger partial charge in [-0.25, -0.2) is 13.4 Å². The van der Waals surface area contributed by atoms with E-state index in [4.69, 9.17) is 4.74 Å². The number of hydrogen-bond donors (Lipinski definition) is 2. The van der Waals surface area contributed by atoms with E-state index in [2.05, 4.69) is 28.9 Å². The van der Waals surface area contributed by atoms with Gasteiger partial charge in [0.05, 0.1) is 28.0 Å². The molecule has 1 fully saturated rings. The van der Waals surface area contributed by atoms with Crippen LogP contribution in [0.25, 0.3) is 10.2 Å². The zero-order chi connectivity index (χ0) is 29.2. The lowest BCUT2D eigenvalue weighted by Crippen LogP contribution is -2.51. The molecule has 2 aromatic carbocycles. The molecule has 9 nitrogen and oxygen atoms in total. The Kier molecular flexibility index (Phi) is 8.68. The summed E-state index contributed by atoms with van der Waals surface area (Å²) in [7, 11) is -2.65. The van der Waals surface area contributed by atoms with E-state index in [0.29, 0.717) is 42.7 Å². The molecule has 0 spiro atoms. The van der Waals surface area contributed by atoms with Crippen LogP contribution >= 0.6 is 11.3 Å². The average Bonchev–Trinajstić information content (AvgIpc) is 3.37. The van der Waals surface area contributed by atoms with Crippen LogP contribution in [0.4, 0.5) is 5.69 Å². The molecule has 0 saturated carbocycles. The van der Waals surface area contributed by atoms with Crippen molar-refractivity contribution in [1.82, 2.24) is 14.6 Å². The molecular formula is C30H38N4O5S2. The van der Waals surface area contributed by atoms with E-state index in [1.54, 1.807) is 17.0 Å². The maximum atomic E-state index is 13.9. The van der Waals surface area contributed by atoms with Crippen LogP contribution in [-0.2, 0) is 37.2 Å². The van der Waals surface area contributed by atoms with Crippen molar-refractivity contribution in [2.24, 2.45) is 11.3 Å². The number of nitrogens with zero attached hydrogens (tertiary/aromatic N) is 2. The second-order valence-electron chi connectivity index (χ2n) is 11.8. The van der Waals surface area contributed by atoms with Crippen molar-refractivity contribution in [1.29, 1.82) is 0 Å². The second-order valence-corrected chi connectivity index (χ2v) is 14.6. The maximum absolute atomic E-state index is 13.9. The topological polar surface area (TPSA) is 118 Å². The zero-order valence-corrected chi connectivity index (χ0v) is 25.4. The van der Waals surface area contributed by atoms with E-state index < -0.39 is 16.1 Å². The molecule has 11 heteroatoms. The highest BCUT2D eigenvalue weighted by atomic mass is 32.2. The summed E-state index contributed by atoms with van der Waals surface area (Å²) in [5.74, 6) is -0.156. The lowest BCUT2D eigenvalue weighted by Gasteiger charge is -2.35. The molecule has 5 rings (SSSR count). The van der Waals surface area contributed by atoms with E-state index in [1.165, 1.54) is 18.4 Å². The Morgan fingerprint density at radius 3 is 2.66 bits per heavy atom. The van der Waals surface area contributed by atoms with Crippen LogP contribution < -0.4 is 10.0 Å². The normalized spacial score (nSPS) is 18.0. The number of carbonyl (C=O) groups excluding carboxylic acids is 2. The monoisotopic (exact) mass is 598 g/mol. The summed E-state index contributed by atoms with van der Waals surface area (Å²) in [6.07, 6.45) is 3.53. The lowest BCUT2D eigenvalue weighted by molar-refractivity contribution is -0.141. The number of amides is 1. The second kappa shape index (κ2) is 12.1. The van der Waals surface area contributed by atoms with Gasteiger partial charge >= 0.3 is 5.97 Å². The molecule has 0 radical (unpaired) electrons. The minimum Gasteiger partial charge on any atom is -0.469 e. The van der Waals surface area contributed by atoms with Gasteiger partial charge in [-0.15, -0.1) is 11.3 Å². The van der Waals surface area contributed by atoms with Gasteiger partial charge in [0.25, 0.3) is 0 Å². The molecule has 3 aromatic rings. The number of likely N-dealkylation sites (tertiary alicyclic amines) is 1. The largest absolute Gasteiger partial charge is 0.469 e. The van der Waals surface area contributed by atoms with Gasteiger partial charge in [-0.05, 0) is 60.8 Å². The number of para-hydroxylation sites is 2. The van der Waals surface area contributed by atoms with Crippen LogP contribution in [0.5, 0.6) is 0 Å². The minimum atomic E-state index is -4.04. The Balaban J connectivity index is 1.37. The molecule has 1 amide bonds. The van der Waals surface area contributed by atoms with Gasteiger partial charge in [0.15, 0.2) is 0 Å². The Hall–Kier alpha value is -3.02. The number of hydrogen-bond acceptors (Lipinski definition) is 8. The molecule has 2 N–H and O–H groups in total. The van der Waals surface area contributed by atoms with Gasteiger partial charge in [0, 0.05) is 32.5 Å². The highest BCUT2D eigenvalue weighted by Crippen LogP contribution is 2.36. The molecule has 1 unspecified atom stereocenters. The predicted octanol–water partition coefficient (Wildman–Crippen LogP) is 4.37. The first-order valence-corrected chi connectivity index (χ1v) is 16.4. The van der Waals surface area contributed by atoms with Gasteiger partial charge in [-0.3, -0.25) is 9.59 Å². The fourth-order valence-corrected chi connectivity index (χ4v) is 8.18. The molecule has 2 aliphatic rings. The van der Waals surface area contributed by atoms with Crippen LogP contribution in [0.15, 0.2) is 47.4 Å². The van der Waals surface area contributed by atoms with Crippen molar-refractivity contribution >= 4 is 49.1 Å². The summed E-state index contributed by atoms with van der Waals surface area (Å²) in [6.45, 7) is 5.98. The van der Waals surface area contributed by atoms with Gasteiger partial charge in [-0.1, -0.05) is 38.1 Å². The molecular weight excluding hydrogens is 560 g/mol. The lowest BCUT2D eigenvalue weighted by atomic mass is 9.82. The fraction of sp³-hybridized carbons (Fsp3) is 0.500. The SMILES string of the molecule is COC(=O)CCC1CCN(C(=O)C(Cc2nc3ccccc3s2)NS(=O)(=O)c2cccc3c2NCC(C)(C)C3)CC1. The number of thiazole rings is 1. The summed E-state index contributed by atoms with van der Waals surface area (Å²) in [4.78, 5) is 32.1. The Morgan fingerprint density at radius 1 is 1.17 bits per heavy atom. The smallest absolute Gasteiger partial charge is 0.305 e. The Morgan fingerprint density at radius 2 is 1.93 bits per heavy atom. The maximum Gasteiger partial charge on any atom is 0.305 e. The van der Waals surface area contributed by atoms with Gasteiger partial charge in [-0.2, -0.15) is 4.72 Å². The van der Waals surface area contributed by atoms with Crippen LogP contribution in [-0.4, -0.2) is 63.0 Å². The van der Waals surface area contributed by atoms with Crippen molar-refractivity contribution in [3.05, 3.63) is 53.0 Å². The highest BCUT2D eigenvalue weighted by molar-refractivity contribution is 7.89. The summed E-state index contributed by atoms with van der Waals surface area (Å²) in [6, 6.07) is 12.1. The number of fused-ring (bicyclic) bond motifs is 2. The molecule has 1 aromatic heterocycles. The Labute approximate surface area is 245 Å². The summed E-state index contributed by atoms with van der Waals surface area (Å²) >= 11 is 1.47. The molecule has 0 aliphatic carbocycles. The number of rotatable bonds is 9. The number of aromatic nitrogens is 1. The third-order valence-corrected chi connectivity index (χ3v) is 10.6. The first-order chi connectivity index (χ1) is 19.5. The van der Waals surface area contributed by atoms with Gasteiger partial charge in [0.2, 0.25) is 15.9 Å². The fourth-order valence-electron chi connectivity index (χ4n) is 5.75. The first-order valence-electron chi connectivity index (χ1n) is 14.1. The van der Waals surface area contributed by atoms with Crippen LogP contribution in [0.1, 0.15) is 50.1 Å². The number of carbonyl (C=O) groups is 2. The van der Waals surface area contributed by atoms with Crippen molar-refractivity contribution < 1.29 is 22.7 Å². The number of anilines is 1. The number of methoxy groups -OCH3 is 1. The van der Waals surface area contributed by atoms with E-state index in [0.717, 1.165) is 41.5 Å². The molecule has 41 heavy (non-hydrogen) atoms. The first kappa shape index (κ1) is 29.5. The summed E-state index contributed by atoms with van der Waals surface area (Å²) in [5, 5.41) is 4.04. The molecule has 0 bridgehead atoms. The highest BCUT2D eigenvalue weighted by Gasteiger charge is 2.35. The number of esters is 1. The van der Waals surface area contributed by atoms with E-state index in [-0.39, 0.29) is 28.6 Å². The summed E-state index contributed by atoms with van der Waals surface area (Å²) < 4.78 is 36.3. The number of sulfonamides is 1.